The second kappa shape index (κ2) is 59.7. The number of aliphatic hydroxyl groups excluding tert-OH is 5. The first-order chi connectivity index (χ1) is 40.7. The molecule has 484 valence electrons. The molecule has 0 bridgehead atoms. The van der Waals surface area contributed by atoms with Gasteiger partial charge in [0, 0.05) is 6.42 Å². The van der Waals surface area contributed by atoms with Gasteiger partial charge < -0.3 is 45.1 Å². The van der Waals surface area contributed by atoms with E-state index in [4.69, 9.17) is 14.2 Å². The first-order valence-corrected chi connectivity index (χ1v) is 35.1. The zero-order valence-corrected chi connectivity index (χ0v) is 53.8. The van der Waals surface area contributed by atoms with Crippen LogP contribution in [0.3, 0.4) is 0 Å². The summed E-state index contributed by atoms with van der Waals surface area (Å²) >= 11 is 0. The molecule has 83 heavy (non-hydrogen) atoms. The minimum Gasteiger partial charge on any atom is -0.454 e. The number of nitrogens with one attached hydrogen (secondary N) is 1. The fourth-order valence-electron chi connectivity index (χ4n) is 10.8. The van der Waals surface area contributed by atoms with E-state index in [2.05, 4.69) is 74.7 Å². The van der Waals surface area contributed by atoms with E-state index in [0.717, 1.165) is 83.5 Å². The summed E-state index contributed by atoms with van der Waals surface area (Å²) in [7, 11) is 0. The lowest BCUT2D eigenvalue weighted by molar-refractivity contribution is -0.305. The van der Waals surface area contributed by atoms with Crippen LogP contribution in [0, 0.1) is 0 Å². The number of hydrogen-bond donors (Lipinski definition) is 6. The number of esters is 1. The van der Waals surface area contributed by atoms with Crippen molar-refractivity contribution in [2.75, 3.05) is 13.2 Å². The van der Waals surface area contributed by atoms with Crippen LogP contribution in [-0.2, 0) is 23.8 Å². The minimum atomic E-state index is -1.62. The van der Waals surface area contributed by atoms with Gasteiger partial charge >= 0.3 is 5.97 Å². The molecule has 1 aliphatic rings. The van der Waals surface area contributed by atoms with E-state index in [0.29, 0.717) is 19.3 Å². The molecule has 1 rings (SSSR count). The summed E-state index contributed by atoms with van der Waals surface area (Å²) in [4.78, 5) is 26.7. The smallest absolute Gasteiger partial charge is 0.306 e. The van der Waals surface area contributed by atoms with E-state index in [1.54, 1.807) is 6.08 Å². The molecular weight excluding hydrogens is 1040 g/mol. The van der Waals surface area contributed by atoms with Crippen LogP contribution >= 0.6 is 0 Å². The van der Waals surface area contributed by atoms with E-state index < -0.39 is 67.4 Å². The van der Waals surface area contributed by atoms with Gasteiger partial charge in [0.15, 0.2) is 12.4 Å². The van der Waals surface area contributed by atoms with Gasteiger partial charge in [-0.2, -0.15) is 0 Å². The normalized spacial score (nSPS) is 18.9. The molecule has 8 unspecified atom stereocenters. The number of amides is 1. The molecule has 1 saturated heterocycles. The highest BCUT2D eigenvalue weighted by Gasteiger charge is 2.47. The highest BCUT2D eigenvalue weighted by atomic mass is 16.7. The predicted molar refractivity (Wildman–Crippen MR) is 347 cm³/mol. The van der Waals surface area contributed by atoms with Gasteiger partial charge in [0.05, 0.1) is 25.4 Å². The van der Waals surface area contributed by atoms with Gasteiger partial charge in [-0.15, -0.1) is 0 Å². The average molecular weight is 1170 g/mol. The second-order valence-electron chi connectivity index (χ2n) is 24.3. The Morgan fingerprint density at radius 1 is 0.470 bits per heavy atom. The third-order valence-electron chi connectivity index (χ3n) is 16.4. The van der Waals surface area contributed by atoms with Gasteiger partial charge in [-0.25, -0.2) is 0 Å². The maximum atomic E-state index is 13.5. The van der Waals surface area contributed by atoms with Gasteiger partial charge in [0.1, 0.15) is 24.4 Å². The predicted octanol–water partition coefficient (Wildman–Crippen LogP) is 17.7. The Labute approximate surface area is 509 Å². The topological polar surface area (TPSA) is 175 Å². The summed E-state index contributed by atoms with van der Waals surface area (Å²) in [6.07, 6.45) is 65.4. The van der Waals surface area contributed by atoms with Crippen molar-refractivity contribution in [2.24, 2.45) is 0 Å². The highest BCUT2D eigenvalue weighted by molar-refractivity contribution is 5.80. The summed E-state index contributed by atoms with van der Waals surface area (Å²) in [5, 5.41) is 57.2. The number of rotatable bonds is 60. The van der Waals surface area contributed by atoms with Crippen LogP contribution in [0.5, 0.6) is 0 Å². The summed E-state index contributed by atoms with van der Waals surface area (Å²) in [6, 6.07) is -1.03. The molecule has 1 amide bonds. The Morgan fingerprint density at radius 3 is 1.25 bits per heavy atom. The lowest BCUT2D eigenvalue weighted by atomic mass is 9.99. The first-order valence-electron chi connectivity index (χ1n) is 35.1. The zero-order chi connectivity index (χ0) is 60.3. The first kappa shape index (κ1) is 78.4. The number of hydrogen-bond acceptors (Lipinski definition) is 10. The lowest BCUT2D eigenvalue weighted by Gasteiger charge is -2.41. The standard InChI is InChI=1S/C72H131NO10/c1-4-7-10-13-16-19-22-25-27-29-30-31-32-33-34-35-37-38-41-44-47-50-53-56-59-65(76)71(80)73-63(64(75)58-55-52-49-46-43-40-24-21-18-15-12-9-6-3)62-81-72-70(69(79)68(78)66(61-74)82-72)83-67(77)60-57-54-51-48-45-42-39-36-28-26-23-20-17-14-11-8-5-2/h16-17,19-20,25-28,55,58,63-66,68-70,72,74-76,78-79H,4-15,18,21-24,29-54,56-57,59-62H2,1-3H3,(H,73,80)/b19-16-,20-17-,27-25-,28-26-,58-55+. The third-order valence-corrected chi connectivity index (χ3v) is 16.4. The summed E-state index contributed by atoms with van der Waals surface area (Å²) in [5.41, 5.74) is 0. The fourth-order valence-corrected chi connectivity index (χ4v) is 10.8. The molecule has 11 heteroatoms. The van der Waals surface area contributed by atoms with Crippen LogP contribution in [0.25, 0.3) is 0 Å². The van der Waals surface area contributed by atoms with E-state index >= 15 is 0 Å². The fraction of sp³-hybridized carbons (Fsp3) is 0.833. The van der Waals surface area contributed by atoms with Crippen LogP contribution in [0.1, 0.15) is 323 Å². The van der Waals surface area contributed by atoms with E-state index in [1.165, 1.54) is 193 Å². The van der Waals surface area contributed by atoms with Crippen molar-refractivity contribution in [1.82, 2.24) is 5.32 Å². The van der Waals surface area contributed by atoms with Crippen molar-refractivity contribution >= 4 is 11.9 Å². The number of aliphatic hydroxyl groups is 5. The Bertz CT molecular complexity index is 1580. The van der Waals surface area contributed by atoms with Crippen molar-refractivity contribution in [3.05, 3.63) is 60.8 Å². The van der Waals surface area contributed by atoms with Crippen molar-refractivity contribution in [1.29, 1.82) is 0 Å². The molecule has 6 N–H and O–H groups in total. The van der Waals surface area contributed by atoms with Crippen LogP contribution < -0.4 is 5.32 Å². The molecule has 11 nitrogen and oxygen atoms in total. The third kappa shape index (κ3) is 47.2. The van der Waals surface area contributed by atoms with Gasteiger partial charge in [0.25, 0.3) is 0 Å². The molecule has 0 radical (unpaired) electrons. The SMILES string of the molecule is CCCCC/C=C\C/C=C\CCCCCCCCCCCCCCCCC(O)C(=O)NC(COC1OC(CO)C(O)C(O)C1OC(=O)CCCCCCCCC/C=C\C/C=C\CCCCC)C(O)/C=C/CCCCCCCCCCCCC. The average Bonchev–Trinajstić information content (AvgIpc) is 3.67. The Hall–Kier alpha value is -2.64. The van der Waals surface area contributed by atoms with Crippen molar-refractivity contribution in [3.63, 3.8) is 0 Å². The minimum absolute atomic E-state index is 0.115. The van der Waals surface area contributed by atoms with E-state index in [1.807, 2.05) is 6.08 Å². The second-order valence-corrected chi connectivity index (χ2v) is 24.3. The van der Waals surface area contributed by atoms with E-state index in [-0.39, 0.29) is 13.0 Å². The number of carbonyl (C=O) groups is 2. The molecule has 1 heterocycles. The van der Waals surface area contributed by atoms with Crippen LogP contribution in [0.2, 0.25) is 0 Å². The van der Waals surface area contributed by atoms with Gasteiger partial charge in [-0.05, 0) is 89.9 Å². The van der Waals surface area contributed by atoms with Gasteiger partial charge in [-0.3, -0.25) is 9.59 Å². The van der Waals surface area contributed by atoms with E-state index in [9.17, 15) is 35.1 Å². The number of carbonyl (C=O) groups excluding carboxylic acids is 2. The van der Waals surface area contributed by atoms with Gasteiger partial charge in [0.2, 0.25) is 5.91 Å². The van der Waals surface area contributed by atoms with Crippen molar-refractivity contribution < 1.29 is 49.3 Å². The summed E-state index contributed by atoms with van der Waals surface area (Å²) in [6.45, 7) is 5.77. The molecule has 0 aromatic rings. The monoisotopic (exact) mass is 1170 g/mol. The molecule has 0 aromatic heterocycles. The van der Waals surface area contributed by atoms with Crippen LogP contribution in [0.4, 0.5) is 0 Å². The van der Waals surface area contributed by atoms with Crippen molar-refractivity contribution in [3.8, 4) is 0 Å². The molecule has 0 saturated carbocycles. The number of unbranched alkanes of at least 4 members (excludes halogenated alkanes) is 38. The Balaban J connectivity index is 2.60. The van der Waals surface area contributed by atoms with Crippen LogP contribution in [-0.4, -0.2) is 99.6 Å². The Kier molecular flexibility index (Phi) is 56.4. The quantitative estimate of drug-likeness (QED) is 0.0195. The Morgan fingerprint density at radius 2 is 0.831 bits per heavy atom. The maximum absolute atomic E-state index is 13.5. The number of ether oxygens (including phenoxy) is 3. The highest BCUT2D eigenvalue weighted by Crippen LogP contribution is 2.26. The molecule has 0 spiro atoms. The largest absolute Gasteiger partial charge is 0.454 e. The molecule has 0 aromatic carbocycles. The number of allylic oxidation sites excluding steroid dienone is 9. The molecule has 8 atom stereocenters. The zero-order valence-electron chi connectivity index (χ0n) is 53.8. The summed E-state index contributed by atoms with van der Waals surface area (Å²) in [5.74, 6) is -1.19. The lowest BCUT2D eigenvalue weighted by Crippen LogP contribution is -2.61. The van der Waals surface area contributed by atoms with Crippen LogP contribution in [0.15, 0.2) is 60.8 Å². The molecular formula is C72H131NO10. The molecule has 1 aliphatic heterocycles. The van der Waals surface area contributed by atoms with Gasteiger partial charge in [-0.1, -0.05) is 287 Å². The molecule has 0 aliphatic carbocycles. The maximum Gasteiger partial charge on any atom is 0.306 e. The molecule has 1 fully saturated rings. The summed E-state index contributed by atoms with van der Waals surface area (Å²) < 4.78 is 17.7. The van der Waals surface area contributed by atoms with Crippen molar-refractivity contribution in [2.45, 2.75) is 372 Å².